The van der Waals surface area contributed by atoms with Crippen LogP contribution in [0.15, 0.2) is 59.1 Å². The van der Waals surface area contributed by atoms with E-state index < -0.39 is 12.0 Å². The predicted molar refractivity (Wildman–Crippen MR) is 133 cm³/mol. The van der Waals surface area contributed by atoms with Crippen LogP contribution in [-0.4, -0.2) is 72.8 Å². The van der Waals surface area contributed by atoms with Crippen molar-refractivity contribution < 1.29 is 28.3 Å². The fraction of sp³-hybridized carbons (Fsp3) is 0.370. The molecule has 1 aromatic heterocycles. The summed E-state index contributed by atoms with van der Waals surface area (Å²) in [6.45, 7) is 4.69. The molecule has 2 aromatic carbocycles. The van der Waals surface area contributed by atoms with Gasteiger partial charge < -0.3 is 28.5 Å². The van der Waals surface area contributed by atoms with E-state index in [0.29, 0.717) is 23.7 Å². The number of hydrogen-bond donors (Lipinski definition) is 0. The number of hydrogen-bond acceptors (Lipinski definition) is 7. The van der Waals surface area contributed by atoms with Crippen molar-refractivity contribution in [1.29, 1.82) is 0 Å². The number of aromatic nitrogens is 1. The van der Waals surface area contributed by atoms with Crippen LogP contribution in [0.2, 0.25) is 0 Å². The fourth-order valence-electron chi connectivity index (χ4n) is 4.14. The van der Waals surface area contributed by atoms with Gasteiger partial charge in [-0.3, -0.25) is 9.59 Å². The Labute approximate surface area is 210 Å². The van der Waals surface area contributed by atoms with Crippen molar-refractivity contribution in [3.63, 3.8) is 0 Å². The Morgan fingerprint density at radius 3 is 2.39 bits per heavy atom. The van der Waals surface area contributed by atoms with Crippen LogP contribution in [0.3, 0.4) is 0 Å². The minimum absolute atomic E-state index is 0.0365. The maximum atomic E-state index is 13.3. The van der Waals surface area contributed by atoms with E-state index in [-0.39, 0.29) is 37.4 Å². The number of ether oxygens (including phenoxy) is 3. The molecule has 1 saturated heterocycles. The third-order valence-corrected chi connectivity index (χ3v) is 6.07. The lowest BCUT2D eigenvalue weighted by Gasteiger charge is -2.27. The Bertz CT molecular complexity index is 1170. The van der Waals surface area contributed by atoms with Crippen LogP contribution in [0.25, 0.3) is 11.3 Å². The highest BCUT2D eigenvalue weighted by Crippen LogP contribution is 2.24. The van der Waals surface area contributed by atoms with Crippen LogP contribution < -0.4 is 9.47 Å². The van der Waals surface area contributed by atoms with E-state index in [0.717, 1.165) is 11.1 Å². The smallest absolute Gasteiger partial charge is 0.293 e. The second-order valence-corrected chi connectivity index (χ2v) is 8.92. The lowest BCUT2D eigenvalue weighted by molar-refractivity contribution is -0.133. The van der Waals surface area contributed by atoms with Gasteiger partial charge in [0.25, 0.3) is 5.91 Å². The van der Waals surface area contributed by atoms with Crippen LogP contribution in [0.5, 0.6) is 11.5 Å². The first-order valence-corrected chi connectivity index (χ1v) is 11.8. The highest BCUT2D eigenvalue weighted by Gasteiger charge is 2.33. The quantitative estimate of drug-likeness (QED) is 0.473. The Kier molecular flexibility index (Phi) is 7.90. The number of carbonyl (C=O) groups excluding carboxylic acids is 2. The van der Waals surface area contributed by atoms with Gasteiger partial charge in [0.1, 0.15) is 23.7 Å². The lowest BCUT2D eigenvalue weighted by atomic mass is 10.1. The van der Waals surface area contributed by atoms with Gasteiger partial charge in [0, 0.05) is 36.8 Å². The molecule has 0 aliphatic carbocycles. The van der Waals surface area contributed by atoms with Gasteiger partial charge in [-0.25, -0.2) is 0 Å². The molecule has 9 nitrogen and oxygen atoms in total. The Morgan fingerprint density at radius 1 is 1.06 bits per heavy atom. The molecule has 0 saturated carbocycles. The number of benzene rings is 2. The summed E-state index contributed by atoms with van der Waals surface area (Å²) in [5.74, 6) is 0.847. The maximum Gasteiger partial charge on any atom is 0.293 e. The second kappa shape index (κ2) is 11.3. The Hall–Kier alpha value is -3.85. The monoisotopic (exact) mass is 493 g/mol. The molecule has 4 rings (SSSR count). The molecule has 0 spiro atoms. The zero-order valence-electron chi connectivity index (χ0n) is 21.0. The van der Waals surface area contributed by atoms with Gasteiger partial charge in [-0.1, -0.05) is 35.5 Å². The molecule has 2 amide bonds. The molecule has 2 heterocycles. The van der Waals surface area contributed by atoms with E-state index in [1.807, 2.05) is 56.3 Å². The van der Waals surface area contributed by atoms with Crippen LogP contribution in [0.4, 0.5) is 0 Å². The van der Waals surface area contributed by atoms with E-state index in [9.17, 15) is 9.59 Å². The van der Waals surface area contributed by atoms with Crippen molar-refractivity contribution in [2.75, 3.05) is 33.9 Å². The first-order chi connectivity index (χ1) is 17.4. The molecule has 1 fully saturated rings. The second-order valence-electron chi connectivity index (χ2n) is 8.92. The van der Waals surface area contributed by atoms with E-state index in [1.165, 1.54) is 4.90 Å². The number of methoxy groups -OCH3 is 2. The topological polar surface area (TPSA) is 94.3 Å². The molecule has 0 N–H and O–H groups in total. The number of nitrogens with zero attached hydrogens (tertiary/aromatic N) is 3. The number of carbonyl (C=O) groups is 2. The molecular formula is C27H31N3O6. The molecular weight excluding hydrogens is 462 g/mol. The highest BCUT2D eigenvalue weighted by atomic mass is 16.5. The first-order valence-electron chi connectivity index (χ1n) is 11.8. The van der Waals surface area contributed by atoms with Crippen molar-refractivity contribution in [3.8, 4) is 22.8 Å². The minimum Gasteiger partial charge on any atom is -0.497 e. The fourth-order valence-corrected chi connectivity index (χ4v) is 4.14. The molecule has 36 heavy (non-hydrogen) atoms. The molecule has 190 valence electrons. The molecule has 1 aliphatic heterocycles. The number of rotatable bonds is 8. The van der Waals surface area contributed by atoms with Crippen molar-refractivity contribution >= 4 is 11.8 Å². The van der Waals surface area contributed by atoms with Crippen molar-refractivity contribution in [2.45, 2.75) is 32.6 Å². The number of amides is 2. The summed E-state index contributed by atoms with van der Waals surface area (Å²) < 4.78 is 22.3. The molecule has 3 aromatic rings. The largest absolute Gasteiger partial charge is 0.497 e. The molecule has 0 bridgehead atoms. The van der Waals surface area contributed by atoms with Crippen LogP contribution >= 0.6 is 0 Å². The normalized spacial score (nSPS) is 16.2. The summed E-state index contributed by atoms with van der Waals surface area (Å²) >= 11 is 0. The van der Waals surface area contributed by atoms with E-state index in [4.69, 9.17) is 18.7 Å². The highest BCUT2D eigenvalue weighted by molar-refractivity contribution is 5.95. The third kappa shape index (κ3) is 5.85. The SMILES string of the molecule is COc1cc(COC2CN(C(=O)c3cc(-c4ccccc4)no3)CC(=O)N(C(C)C)C2)cc(OC)c1. The molecule has 9 heteroatoms. The van der Waals surface area contributed by atoms with E-state index >= 15 is 0 Å². The van der Waals surface area contributed by atoms with E-state index in [2.05, 4.69) is 5.16 Å². The summed E-state index contributed by atoms with van der Waals surface area (Å²) in [5, 5.41) is 4.04. The molecule has 1 aliphatic rings. The van der Waals surface area contributed by atoms with Gasteiger partial charge in [-0.05, 0) is 31.5 Å². The lowest BCUT2D eigenvalue weighted by Crippen LogP contribution is -2.42. The van der Waals surface area contributed by atoms with Gasteiger partial charge in [0.2, 0.25) is 11.7 Å². The summed E-state index contributed by atoms with van der Waals surface area (Å²) in [6.07, 6.45) is -0.406. The van der Waals surface area contributed by atoms with Crippen LogP contribution in [0.1, 0.15) is 30.0 Å². The zero-order chi connectivity index (χ0) is 25.7. The van der Waals surface area contributed by atoms with Gasteiger partial charge in [-0.2, -0.15) is 0 Å². The molecule has 1 atom stereocenters. The Morgan fingerprint density at radius 2 is 1.75 bits per heavy atom. The van der Waals surface area contributed by atoms with E-state index in [1.54, 1.807) is 31.3 Å². The van der Waals surface area contributed by atoms with Gasteiger partial charge in [-0.15, -0.1) is 0 Å². The van der Waals surface area contributed by atoms with Crippen molar-refractivity contribution in [2.24, 2.45) is 0 Å². The van der Waals surface area contributed by atoms with Crippen molar-refractivity contribution in [3.05, 3.63) is 65.9 Å². The van der Waals surface area contributed by atoms with Gasteiger partial charge in [0.15, 0.2) is 0 Å². The van der Waals surface area contributed by atoms with Crippen molar-refractivity contribution in [1.82, 2.24) is 15.0 Å². The molecule has 1 unspecified atom stereocenters. The minimum atomic E-state index is -0.406. The third-order valence-electron chi connectivity index (χ3n) is 6.07. The van der Waals surface area contributed by atoms with Gasteiger partial charge in [0.05, 0.1) is 26.9 Å². The Balaban J connectivity index is 1.52. The summed E-state index contributed by atoms with van der Waals surface area (Å²) in [6, 6.07) is 16.5. The summed E-state index contributed by atoms with van der Waals surface area (Å²) in [7, 11) is 3.18. The van der Waals surface area contributed by atoms with Gasteiger partial charge >= 0.3 is 0 Å². The predicted octanol–water partition coefficient (Wildman–Crippen LogP) is 3.64. The average molecular weight is 494 g/mol. The average Bonchev–Trinajstić information content (AvgIpc) is 3.32. The van der Waals surface area contributed by atoms with Crippen LogP contribution in [0, 0.1) is 0 Å². The molecule has 0 radical (unpaired) electrons. The maximum absolute atomic E-state index is 13.3. The standard InChI is InChI=1S/C27H31N3O6/c1-18(2)30-15-23(35-17-19-10-21(33-3)12-22(11-19)34-4)14-29(16-26(30)31)27(32)25-13-24(28-36-25)20-8-6-5-7-9-20/h5-13,18,23H,14-17H2,1-4H3. The summed E-state index contributed by atoms with van der Waals surface area (Å²) in [4.78, 5) is 29.6. The van der Waals surface area contributed by atoms with Crippen LogP contribution in [-0.2, 0) is 16.1 Å². The zero-order valence-corrected chi connectivity index (χ0v) is 21.0. The summed E-state index contributed by atoms with van der Waals surface area (Å²) in [5.41, 5.74) is 2.26. The first kappa shape index (κ1) is 25.2.